The number of hydrogen-bond donors (Lipinski definition) is 0. The van der Waals surface area contributed by atoms with Gasteiger partial charge in [0, 0.05) is 17.5 Å². The average Bonchev–Trinajstić information content (AvgIpc) is 2.71. The van der Waals surface area contributed by atoms with Gasteiger partial charge in [-0.05, 0) is 45.4 Å². The summed E-state index contributed by atoms with van der Waals surface area (Å²) in [5.41, 5.74) is -0.110. The molecule has 18 heavy (non-hydrogen) atoms. The second kappa shape index (κ2) is 4.33. The summed E-state index contributed by atoms with van der Waals surface area (Å²) < 4.78 is 0. The third kappa shape index (κ3) is 2.36. The summed E-state index contributed by atoms with van der Waals surface area (Å²) >= 11 is 0. The zero-order chi connectivity index (χ0) is 13.7. The van der Waals surface area contributed by atoms with Crippen LogP contribution in [0.1, 0.15) is 60.8 Å². The Balaban J connectivity index is 2.29. The second-order valence-electron chi connectivity index (χ2n) is 8.24. The van der Waals surface area contributed by atoms with Crippen molar-refractivity contribution < 1.29 is 4.79 Å². The van der Waals surface area contributed by atoms with E-state index in [1.165, 1.54) is 19.3 Å². The van der Waals surface area contributed by atoms with Gasteiger partial charge in [0.05, 0.1) is 6.04 Å². The van der Waals surface area contributed by atoms with Gasteiger partial charge in [-0.1, -0.05) is 27.2 Å². The topological polar surface area (TPSA) is 20.3 Å². The molecule has 2 fully saturated rings. The normalized spacial score (nSPS) is 33.8. The molecule has 0 unspecified atom stereocenters. The molecule has 1 saturated carbocycles. The number of Topliss-reactive ketones (excluding diaryl/α,β-unsaturated/α-hetero) is 1. The molecule has 2 nitrogen and oxygen atoms in total. The van der Waals surface area contributed by atoms with Gasteiger partial charge in [-0.2, -0.15) is 0 Å². The van der Waals surface area contributed by atoms with E-state index in [-0.39, 0.29) is 17.0 Å². The predicted octanol–water partition coefficient (Wildman–Crippen LogP) is 3.50. The van der Waals surface area contributed by atoms with Gasteiger partial charge in [-0.25, -0.2) is 0 Å². The van der Waals surface area contributed by atoms with Gasteiger partial charge in [0.25, 0.3) is 0 Å². The lowest BCUT2D eigenvalue weighted by Crippen LogP contribution is -2.52. The average molecular weight is 251 g/mol. The van der Waals surface area contributed by atoms with Crippen molar-refractivity contribution in [1.29, 1.82) is 0 Å². The van der Waals surface area contributed by atoms with Crippen LogP contribution in [0.3, 0.4) is 0 Å². The monoisotopic (exact) mass is 251 g/mol. The molecule has 0 N–H and O–H groups in total. The van der Waals surface area contributed by atoms with E-state index >= 15 is 0 Å². The van der Waals surface area contributed by atoms with Crippen LogP contribution >= 0.6 is 0 Å². The lowest BCUT2D eigenvalue weighted by atomic mass is 9.79. The van der Waals surface area contributed by atoms with E-state index in [0.29, 0.717) is 11.7 Å². The van der Waals surface area contributed by atoms with Crippen molar-refractivity contribution in [2.45, 2.75) is 72.4 Å². The maximum Gasteiger partial charge on any atom is 0.155 e. The van der Waals surface area contributed by atoms with Gasteiger partial charge in [-0.3, -0.25) is 9.69 Å². The van der Waals surface area contributed by atoms with Crippen molar-refractivity contribution in [3.05, 3.63) is 0 Å². The molecule has 0 bridgehead atoms. The Labute approximate surface area is 112 Å². The van der Waals surface area contributed by atoms with Gasteiger partial charge in [-0.15, -0.1) is 0 Å². The fourth-order valence-electron chi connectivity index (χ4n) is 3.78. The molecule has 1 aliphatic carbocycles. The predicted molar refractivity (Wildman–Crippen MR) is 75.5 cm³/mol. The summed E-state index contributed by atoms with van der Waals surface area (Å²) in [5.74, 6) is 1.84. The number of fused-ring (bicyclic) bond motifs is 1. The van der Waals surface area contributed by atoms with Gasteiger partial charge in [0.1, 0.15) is 0 Å². The van der Waals surface area contributed by atoms with Crippen molar-refractivity contribution >= 4 is 5.78 Å². The standard InChI is InChI=1S/C16H29NO/c1-15(2,3)14(18)13-12-9-7-8-11(12)10-17(13)16(4,5)6/h11-13H,7-10H2,1-6H3/t11-,12-,13-/m0/s1. The van der Waals surface area contributed by atoms with Crippen LogP contribution in [-0.4, -0.2) is 28.8 Å². The molecular formula is C16H29NO. The highest BCUT2D eigenvalue weighted by Gasteiger charge is 2.52. The van der Waals surface area contributed by atoms with Gasteiger partial charge < -0.3 is 0 Å². The molecule has 0 aromatic heterocycles. The Morgan fingerprint density at radius 3 is 2.17 bits per heavy atom. The van der Waals surface area contributed by atoms with Crippen LogP contribution in [0.25, 0.3) is 0 Å². The molecular weight excluding hydrogens is 222 g/mol. The summed E-state index contributed by atoms with van der Waals surface area (Å²) in [7, 11) is 0. The van der Waals surface area contributed by atoms with E-state index in [1.54, 1.807) is 0 Å². The van der Waals surface area contributed by atoms with Crippen LogP contribution in [0.5, 0.6) is 0 Å². The van der Waals surface area contributed by atoms with Crippen molar-refractivity contribution in [3.63, 3.8) is 0 Å². The minimum Gasteiger partial charge on any atom is -0.297 e. The molecule has 104 valence electrons. The SMILES string of the molecule is CC(C)(C)C(=O)[C@@H]1[C@H]2CCC[C@H]2CN1C(C)(C)C. The fourth-order valence-corrected chi connectivity index (χ4v) is 3.78. The number of rotatable bonds is 1. The maximum atomic E-state index is 12.8. The molecule has 0 aromatic carbocycles. The minimum atomic E-state index is -0.217. The molecule has 0 amide bonds. The Hall–Kier alpha value is -0.370. The summed E-state index contributed by atoms with van der Waals surface area (Å²) in [6.07, 6.45) is 3.90. The molecule has 1 saturated heterocycles. The van der Waals surface area contributed by atoms with Crippen LogP contribution in [0.15, 0.2) is 0 Å². The highest BCUT2D eigenvalue weighted by atomic mass is 16.1. The molecule has 2 aliphatic rings. The number of likely N-dealkylation sites (tertiary alicyclic amines) is 1. The summed E-state index contributed by atoms with van der Waals surface area (Å²) in [6, 6.07) is 0.164. The zero-order valence-electron chi connectivity index (χ0n) is 12.9. The highest BCUT2D eigenvalue weighted by Crippen LogP contribution is 2.46. The van der Waals surface area contributed by atoms with Crippen LogP contribution in [0.4, 0.5) is 0 Å². The molecule has 2 heteroatoms. The number of carbonyl (C=O) groups excluding carboxylic acids is 1. The number of ketones is 1. The van der Waals surface area contributed by atoms with E-state index in [1.807, 2.05) is 0 Å². The Morgan fingerprint density at radius 2 is 1.67 bits per heavy atom. The molecule has 1 aliphatic heterocycles. The molecule has 0 radical (unpaired) electrons. The molecule has 0 aromatic rings. The van der Waals surface area contributed by atoms with Gasteiger partial charge >= 0.3 is 0 Å². The first-order valence-corrected chi connectivity index (χ1v) is 7.43. The lowest BCUT2D eigenvalue weighted by Gasteiger charge is -2.40. The number of carbonyl (C=O) groups is 1. The minimum absolute atomic E-state index is 0.107. The summed E-state index contributed by atoms with van der Waals surface area (Å²) in [5, 5.41) is 0. The van der Waals surface area contributed by atoms with Gasteiger partial charge in [0.15, 0.2) is 5.78 Å². The van der Waals surface area contributed by atoms with E-state index in [9.17, 15) is 4.79 Å². The summed E-state index contributed by atoms with van der Waals surface area (Å²) in [6.45, 7) is 14.1. The highest BCUT2D eigenvalue weighted by molar-refractivity contribution is 5.89. The van der Waals surface area contributed by atoms with Crippen LogP contribution in [-0.2, 0) is 4.79 Å². The fraction of sp³-hybridized carbons (Fsp3) is 0.938. The largest absolute Gasteiger partial charge is 0.297 e. The van der Waals surface area contributed by atoms with Crippen LogP contribution in [0.2, 0.25) is 0 Å². The Kier molecular flexibility index (Phi) is 3.38. The Bertz CT molecular complexity index is 334. The molecule has 3 atom stereocenters. The quantitative estimate of drug-likeness (QED) is 0.711. The summed E-state index contributed by atoms with van der Waals surface area (Å²) in [4.78, 5) is 15.3. The first-order chi connectivity index (χ1) is 8.12. The number of hydrogen-bond acceptors (Lipinski definition) is 2. The molecule has 2 rings (SSSR count). The number of nitrogens with zero attached hydrogens (tertiary/aromatic N) is 1. The van der Waals surface area contributed by atoms with E-state index in [2.05, 4.69) is 46.4 Å². The van der Waals surface area contributed by atoms with E-state index in [4.69, 9.17) is 0 Å². The van der Waals surface area contributed by atoms with Crippen molar-refractivity contribution in [2.75, 3.05) is 6.54 Å². The zero-order valence-corrected chi connectivity index (χ0v) is 12.9. The lowest BCUT2D eigenvalue weighted by molar-refractivity contribution is -0.134. The second-order valence-corrected chi connectivity index (χ2v) is 8.24. The Morgan fingerprint density at radius 1 is 1.06 bits per heavy atom. The van der Waals surface area contributed by atoms with Crippen LogP contribution < -0.4 is 0 Å². The molecule has 1 heterocycles. The first-order valence-electron chi connectivity index (χ1n) is 7.43. The van der Waals surface area contributed by atoms with Crippen molar-refractivity contribution in [3.8, 4) is 0 Å². The van der Waals surface area contributed by atoms with E-state index in [0.717, 1.165) is 12.5 Å². The van der Waals surface area contributed by atoms with Crippen molar-refractivity contribution in [1.82, 2.24) is 4.90 Å². The van der Waals surface area contributed by atoms with Crippen molar-refractivity contribution in [2.24, 2.45) is 17.3 Å². The van der Waals surface area contributed by atoms with Gasteiger partial charge in [0.2, 0.25) is 0 Å². The third-order valence-corrected chi connectivity index (χ3v) is 4.76. The third-order valence-electron chi connectivity index (χ3n) is 4.76. The first kappa shape index (κ1) is 14.0. The molecule has 0 spiro atoms. The van der Waals surface area contributed by atoms with E-state index < -0.39 is 0 Å². The maximum absolute atomic E-state index is 12.8. The smallest absolute Gasteiger partial charge is 0.155 e. The van der Waals surface area contributed by atoms with Crippen LogP contribution in [0, 0.1) is 17.3 Å².